The molecule has 9 rings (SSSR count). The first kappa shape index (κ1) is 21.7. The van der Waals surface area contributed by atoms with Crippen molar-refractivity contribution in [1.82, 2.24) is 0 Å². The average molecular weight is 577 g/mol. The molecule has 0 spiro atoms. The molecule has 1 nitrogen and oxygen atoms in total. The van der Waals surface area contributed by atoms with Gasteiger partial charge in [0.15, 0.2) is 0 Å². The van der Waals surface area contributed by atoms with Crippen molar-refractivity contribution in [2.24, 2.45) is 0 Å². The molecule has 45 heavy (non-hydrogen) atoms. The second kappa shape index (κ2) is 10.4. The van der Waals surface area contributed by atoms with Gasteiger partial charge in [0.05, 0.1) is 5.48 Å². The number of rotatable bonds is 4. The van der Waals surface area contributed by atoms with Crippen LogP contribution in [0.2, 0.25) is 0 Å². The van der Waals surface area contributed by atoms with Gasteiger partial charge in [0, 0.05) is 10.8 Å². The van der Waals surface area contributed by atoms with Crippen molar-refractivity contribution in [3.05, 3.63) is 170 Å². The van der Waals surface area contributed by atoms with Crippen molar-refractivity contribution in [3.63, 3.8) is 0 Å². The SMILES string of the molecule is [2H]c1c([2H])c(-c2ccc3oc4ccccc4c3c2)c([2H])c(-c2c3ccccc3c(-c3cccc(-c4ccccc4)c3)c3ccccc23)c1[2H]. The first-order valence-electron chi connectivity index (χ1n) is 17.1. The molecule has 8 aromatic carbocycles. The van der Waals surface area contributed by atoms with Crippen molar-refractivity contribution in [2.75, 3.05) is 0 Å². The average Bonchev–Trinajstić information content (AvgIpc) is 3.52. The molecule has 0 saturated heterocycles. The minimum absolute atomic E-state index is 0.0623. The molecule has 0 atom stereocenters. The Morgan fingerprint density at radius 3 is 1.62 bits per heavy atom. The van der Waals surface area contributed by atoms with Crippen LogP contribution < -0.4 is 0 Å². The van der Waals surface area contributed by atoms with Crippen molar-refractivity contribution in [1.29, 1.82) is 0 Å². The van der Waals surface area contributed by atoms with Gasteiger partial charge in [-0.1, -0.05) is 139 Å². The molecule has 0 aliphatic carbocycles. The van der Waals surface area contributed by atoms with Gasteiger partial charge >= 0.3 is 0 Å². The summed E-state index contributed by atoms with van der Waals surface area (Å²) < 4.78 is 43.0. The van der Waals surface area contributed by atoms with E-state index in [1.807, 2.05) is 97.1 Å². The fourth-order valence-corrected chi connectivity index (χ4v) is 6.69. The van der Waals surface area contributed by atoms with E-state index in [2.05, 4.69) is 48.5 Å². The Balaban J connectivity index is 1.34. The maximum absolute atomic E-state index is 9.68. The summed E-state index contributed by atoms with van der Waals surface area (Å²) in [6.45, 7) is 0. The van der Waals surface area contributed by atoms with Gasteiger partial charge in [-0.2, -0.15) is 0 Å². The molecule has 0 saturated carbocycles. The molecule has 0 aliphatic rings. The lowest BCUT2D eigenvalue weighted by atomic mass is 9.85. The Hall–Kier alpha value is -5.92. The number of hydrogen-bond donors (Lipinski definition) is 0. The Morgan fingerprint density at radius 2 is 0.889 bits per heavy atom. The van der Waals surface area contributed by atoms with Crippen LogP contribution in [0, 0.1) is 0 Å². The van der Waals surface area contributed by atoms with E-state index in [1.165, 1.54) is 0 Å². The zero-order chi connectivity index (χ0) is 33.2. The zero-order valence-corrected chi connectivity index (χ0v) is 24.3. The van der Waals surface area contributed by atoms with Crippen LogP contribution in [-0.2, 0) is 0 Å². The molecule has 0 bridgehead atoms. The van der Waals surface area contributed by atoms with Gasteiger partial charge in [0.1, 0.15) is 11.2 Å². The highest BCUT2D eigenvalue weighted by Gasteiger charge is 2.17. The first-order chi connectivity index (χ1) is 24.0. The van der Waals surface area contributed by atoms with Gasteiger partial charge in [-0.25, -0.2) is 0 Å². The van der Waals surface area contributed by atoms with Crippen LogP contribution in [0.15, 0.2) is 174 Å². The molecule has 0 amide bonds. The van der Waals surface area contributed by atoms with E-state index in [9.17, 15) is 2.74 Å². The minimum atomic E-state index is -0.203. The number of fused-ring (bicyclic) bond motifs is 5. The van der Waals surface area contributed by atoms with Gasteiger partial charge in [0.2, 0.25) is 0 Å². The number of hydrogen-bond acceptors (Lipinski definition) is 1. The summed E-state index contributed by atoms with van der Waals surface area (Å²) in [5.41, 5.74) is 7.95. The Kier molecular flexibility index (Phi) is 5.00. The van der Waals surface area contributed by atoms with Crippen LogP contribution in [0.1, 0.15) is 5.48 Å². The molecule has 1 aromatic heterocycles. The van der Waals surface area contributed by atoms with Gasteiger partial charge in [-0.05, 0) is 96.4 Å². The summed E-state index contributed by atoms with van der Waals surface area (Å²) in [6, 6.07) is 48.3. The standard InChI is InChI=1S/C44H28O/c1-2-12-29(13-3-1)30-14-10-16-33(26-30)43-36-19-4-6-21-38(36)44(39-22-7-5-20-37(39)43)34-17-11-15-31(27-34)32-24-25-42-40(28-32)35-18-8-9-23-41(35)45-42/h1-28H/i11D,15D,17D,27D. The maximum atomic E-state index is 9.68. The Bertz CT molecular complexity index is 2710. The molecule has 1 heteroatoms. The normalized spacial score (nSPS) is 12.8. The van der Waals surface area contributed by atoms with E-state index >= 15 is 0 Å². The molecular weight excluding hydrogens is 544 g/mol. The van der Waals surface area contributed by atoms with Gasteiger partial charge in [-0.3, -0.25) is 0 Å². The molecule has 0 unspecified atom stereocenters. The van der Waals surface area contributed by atoms with Crippen LogP contribution in [-0.4, -0.2) is 0 Å². The summed E-state index contributed by atoms with van der Waals surface area (Å²) in [7, 11) is 0. The second-order valence-electron chi connectivity index (χ2n) is 11.3. The van der Waals surface area contributed by atoms with E-state index in [4.69, 9.17) is 7.16 Å². The highest BCUT2D eigenvalue weighted by Crippen LogP contribution is 2.45. The lowest BCUT2D eigenvalue weighted by molar-refractivity contribution is 0.669. The van der Waals surface area contributed by atoms with Crippen LogP contribution >= 0.6 is 0 Å². The highest BCUT2D eigenvalue weighted by atomic mass is 16.3. The van der Waals surface area contributed by atoms with Gasteiger partial charge in [0.25, 0.3) is 0 Å². The smallest absolute Gasteiger partial charge is 0.135 e. The van der Waals surface area contributed by atoms with Gasteiger partial charge < -0.3 is 4.42 Å². The predicted molar refractivity (Wildman–Crippen MR) is 190 cm³/mol. The fourth-order valence-electron chi connectivity index (χ4n) is 6.69. The summed E-state index contributed by atoms with van der Waals surface area (Å²) in [5, 5.41) is 5.60. The largest absolute Gasteiger partial charge is 0.456 e. The summed E-state index contributed by atoms with van der Waals surface area (Å²) in [6.07, 6.45) is 0. The number of furan rings is 1. The summed E-state index contributed by atoms with van der Waals surface area (Å²) in [5.74, 6) is 0. The van der Waals surface area contributed by atoms with Crippen LogP contribution in [0.5, 0.6) is 0 Å². The summed E-state index contributed by atoms with van der Waals surface area (Å²) >= 11 is 0. The molecule has 0 radical (unpaired) electrons. The highest BCUT2D eigenvalue weighted by molar-refractivity contribution is 6.21. The monoisotopic (exact) mass is 576 g/mol. The van der Waals surface area contributed by atoms with Crippen molar-refractivity contribution >= 4 is 43.5 Å². The van der Waals surface area contributed by atoms with E-state index < -0.39 is 0 Å². The third-order valence-electron chi connectivity index (χ3n) is 8.73. The topological polar surface area (TPSA) is 13.1 Å². The number of benzene rings is 8. The predicted octanol–water partition coefficient (Wildman–Crippen LogP) is 12.6. The second-order valence-corrected chi connectivity index (χ2v) is 11.3. The molecule has 9 aromatic rings. The molecular formula is C44H28O. The quantitative estimate of drug-likeness (QED) is 0.190. The number of para-hydroxylation sites is 1. The Labute approximate surface area is 267 Å². The molecule has 0 aliphatic heterocycles. The van der Waals surface area contributed by atoms with Crippen molar-refractivity contribution in [2.45, 2.75) is 0 Å². The third kappa shape index (κ3) is 4.24. The van der Waals surface area contributed by atoms with E-state index in [0.29, 0.717) is 16.7 Å². The molecule has 210 valence electrons. The lowest BCUT2D eigenvalue weighted by Gasteiger charge is -2.18. The molecule has 0 fully saturated rings. The molecule has 0 N–H and O–H groups in total. The minimum Gasteiger partial charge on any atom is -0.456 e. The van der Waals surface area contributed by atoms with Crippen molar-refractivity contribution in [3.8, 4) is 44.5 Å². The third-order valence-corrected chi connectivity index (χ3v) is 8.73. The molecule has 1 heterocycles. The van der Waals surface area contributed by atoms with E-state index in [-0.39, 0.29) is 24.2 Å². The van der Waals surface area contributed by atoms with Crippen LogP contribution in [0.25, 0.3) is 88.0 Å². The van der Waals surface area contributed by atoms with Crippen LogP contribution in [0.4, 0.5) is 0 Å². The lowest BCUT2D eigenvalue weighted by Crippen LogP contribution is -1.91. The zero-order valence-electron chi connectivity index (χ0n) is 28.3. The van der Waals surface area contributed by atoms with E-state index in [0.717, 1.165) is 71.3 Å². The fraction of sp³-hybridized carbons (Fsp3) is 0. The Morgan fingerprint density at radius 1 is 0.356 bits per heavy atom. The van der Waals surface area contributed by atoms with E-state index in [1.54, 1.807) is 0 Å². The summed E-state index contributed by atoms with van der Waals surface area (Å²) in [4.78, 5) is 0. The first-order valence-corrected chi connectivity index (χ1v) is 15.1. The maximum Gasteiger partial charge on any atom is 0.135 e. The van der Waals surface area contributed by atoms with Crippen LogP contribution in [0.3, 0.4) is 0 Å². The van der Waals surface area contributed by atoms with Gasteiger partial charge in [-0.15, -0.1) is 0 Å². The van der Waals surface area contributed by atoms with Crippen molar-refractivity contribution < 1.29 is 9.90 Å².